The van der Waals surface area contributed by atoms with Crippen molar-refractivity contribution in [1.29, 1.82) is 0 Å². The van der Waals surface area contributed by atoms with Crippen molar-refractivity contribution in [3.63, 3.8) is 0 Å². The number of anilines is 1. The first-order valence-corrected chi connectivity index (χ1v) is 9.19. The van der Waals surface area contributed by atoms with Crippen LogP contribution in [0.25, 0.3) is 0 Å². The van der Waals surface area contributed by atoms with Gasteiger partial charge in [-0.2, -0.15) is 5.01 Å². The van der Waals surface area contributed by atoms with Gasteiger partial charge in [0.1, 0.15) is 11.3 Å². The Balaban J connectivity index is 1.78. The first kappa shape index (κ1) is 19.9. The molecule has 3 amide bonds. The third kappa shape index (κ3) is 3.61. The molecule has 146 valence electrons. The molecule has 1 fully saturated rings. The van der Waals surface area contributed by atoms with Gasteiger partial charge in [-0.3, -0.25) is 10.2 Å². The highest BCUT2D eigenvalue weighted by Crippen LogP contribution is 2.30. The first-order valence-electron chi connectivity index (χ1n) is 8.40. The molecule has 1 atom stereocenters. The Morgan fingerprint density at radius 2 is 1.96 bits per heavy atom. The minimum atomic E-state index is -1.25. The largest absolute Gasteiger partial charge is 0.497 e. The van der Waals surface area contributed by atoms with E-state index in [0.29, 0.717) is 22.0 Å². The van der Waals surface area contributed by atoms with E-state index in [2.05, 4.69) is 16.1 Å². The van der Waals surface area contributed by atoms with Crippen molar-refractivity contribution in [2.75, 3.05) is 12.4 Å². The van der Waals surface area contributed by atoms with Crippen LogP contribution in [0.4, 0.5) is 10.5 Å². The third-order valence-corrected chi connectivity index (χ3v) is 5.17. The van der Waals surface area contributed by atoms with Gasteiger partial charge in [0, 0.05) is 10.7 Å². The molecule has 0 aliphatic carbocycles. The molecule has 0 radical (unpaired) electrons. The van der Waals surface area contributed by atoms with Gasteiger partial charge < -0.3 is 15.4 Å². The number of carbonyl (C=O) groups is 2. The summed E-state index contributed by atoms with van der Waals surface area (Å²) in [4.78, 5) is 25.4. The molecule has 0 aromatic heterocycles. The van der Waals surface area contributed by atoms with E-state index in [1.165, 1.54) is 7.11 Å². The number of ether oxygens (including phenoxy) is 1. The Morgan fingerprint density at radius 3 is 2.68 bits per heavy atom. The zero-order valence-corrected chi connectivity index (χ0v) is 17.1. The second-order valence-corrected chi connectivity index (χ2v) is 7.22. The van der Waals surface area contributed by atoms with Gasteiger partial charge in [0.25, 0.3) is 5.91 Å². The number of nitrogens with zero attached hydrogens (tertiary/aromatic N) is 1. The lowest BCUT2D eigenvalue weighted by molar-refractivity contribution is -0.132. The lowest BCUT2D eigenvalue weighted by Crippen LogP contribution is -2.49. The highest BCUT2D eigenvalue weighted by molar-refractivity contribution is 7.80. The summed E-state index contributed by atoms with van der Waals surface area (Å²) < 4.78 is 5.21. The SMILES string of the molecule is COc1cccc(C2(C)NC(=O)N(NC(=S)Nc3cccc(Cl)c3C)C2=O)c1. The number of carbonyl (C=O) groups excluding carboxylic acids is 2. The molecule has 1 unspecified atom stereocenters. The standard InChI is InChI=1S/C19H19ClN4O3S/c1-11-14(20)8-5-9-15(11)21-17(28)23-24-16(25)19(2,22-18(24)26)12-6-4-7-13(10-12)27-3/h4-10H,1-3H3,(H,22,26)(H2,21,23,28). The molecule has 0 bridgehead atoms. The molecule has 1 aliphatic rings. The molecule has 0 spiro atoms. The second kappa shape index (κ2) is 7.65. The van der Waals surface area contributed by atoms with Crippen LogP contribution in [0.1, 0.15) is 18.1 Å². The molecule has 1 aliphatic heterocycles. The lowest BCUT2D eigenvalue weighted by atomic mass is 9.92. The summed E-state index contributed by atoms with van der Waals surface area (Å²) in [6.07, 6.45) is 0. The van der Waals surface area contributed by atoms with Gasteiger partial charge in [0.05, 0.1) is 7.11 Å². The number of methoxy groups -OCH3 is 1. The Hall–Kier alpha value is -2.84. The van der Waals surface area contributed by atoms with E-state index in [-0.39, 0.29) is 5.11 Å². The van der Waals surface area contributed by atoms with Crippen molar-refractivity contribution in [3.05, 3.63) is 58.6 Å². The maximum absolute atomic E-state index is 13.0. The Bertz CT molecular complexity index is 968. The van der Waals surface area contributed by atoms with Gasteiger partial charge in [-0.15, -0.1) is 0 Å². The van der Waals surface area contributed by atoms with E-state index < -0.39 is 17.5 Å². The summed E-state index contributed by atoms with van der Waals surface area (Å²) in [5.74, 6) is 0.0959. The Kier molecular flexibility index (Phi) is 5.44. The number of rotatable bonds is 4. The number of hydrogen-bond acceptors (Lipinski definition) is 4. The van der Waals surface area contributed by atoms with Crippen molar-refractivity contribution in [2.24, 2.45) is 0 Å². The van der Waals surface area contributed by atoms with Crippen LogP contribution in [-0.2, 0) is 10.3 Å². The van der Waals surface area contributed by atoms with E-state index in [9.17, 15) is 9.59 Å². The number of hydrogen-bond donors (Lipinski definition) is 3. The number of imide groups is 1. The minimum Gasteiger partial charge on any atom is -0.497 e. The van der Waals surface area contributed by atoms with Gasteiger partial charge in [-0.25, -0.2) is 4.79 Å². The van der Waals surface area contributed by atoms with E-state index in [1.54, 1.807) is 49.4 Å². The normalized spacial score (nSPS) is 18.6. The van der Waals surface area contributed by atoms with Gasteiger partial charge in [-0.1, -0.05) is 29.8 Å². The number of amides is 3. The average Bonchev–Trinajstić information content (AvgIpc) is 2.89. The lowest BCUT2D eigenvalue weighted by Gasteiger charge is -2.23. The molecule has 1 heterocycles. The van der Waals surface area contributed by atoms with Crippen LogP contribution in [0.2, 0.25) is 5.02 Å². The maximum atomic E-state index is 13.0. The zero-order valence-electron chi connectivity index (χ0n) is 15.5. The van der Waals surface area contributed by atoms with Crippen LogP contribution in [-0.4, -0.2) is 29.2 Å². The van der Waals surface area contributed by atoms with Gasteiger partial charge >= 0.3 is 6.03 Å². The van der Waals surface area contributed by atoms with Crippen LogP contribution < -0.4 is 20.8 Å². The van der Waals surface area contributed by atoms with Crippen molar-refractivity contribution in [1.82, 2.24) is 15.8 Å². The van der Waals surface area contributed by atoms with Gasteiger partial charge in [0.15, 0.2) is 5.11 Å². The summed E-state index contributed by atoms with van der Waals surface area (Å²) in [6, 6.07) is 11.7. The van der Waals surface area contributed by atoms with Crippen molar-refractivity contribution in [2.45, 2.75) is 19.4 Å². The third-order valence-electron chi connectivity index (χ3n) is 4.57. The van der Waals surface area contributed by atoms with Crippen LogP contribution in [0, 0.1) is 6.92 Å². The fourth-order valence-electron chi connectivity index (χ4n) is 2.87. The van der Waals surface area contributed by atoms with Gasteiger partial charge in [0.2, 0.25) is 0 Å². The van der Waals surface area contributed by atoms with E-state index in [1.807, 2.05) is 6.92 Å². The highest BCUT2D eigenvalue weighted by Gasteiger charge is 2.50. The monoisotopic (exact) mass is 418 g/mol. The van der Waals surface area contributed by atoms with E-state index in [4.69, 9.17) is 28.6 Å². The van der Waals surface area contributed by atoms with Crippen LogP contribution in [0.15, 0.2) is 42.5 Å². The van der Waals surface area contributed by atoms with Crippen molar-refractivity contribution < 1.29 is 14.3 Å². The molecular formula is C19H19ClN4O3S. The summed E-state index contributed by atoms with van der Waals surface area (Å²) in [5, 5.41) is 7.16. The molecule has 1 saturated heterocycles. The summed E-state index contributed by atoms with van der Waals surface area (Å²) in [5.41, 5.74) is 3.46. The molecule has 3 N–H and O–H groups in total. The predicted molar refractivity (Wildman–Crippen MR) is 111 cm³/mol. The van der Waals surface area contributed by atoms with Crippen LogP contribution in [0.3, 0.4) is 0 Å². The molecular weight excluding hydrogens is 400 g/mol. The van der Waals surface area contributed by atoms with Crippen LogP contribution >= 0.6 is 23.8 Å². The molecule has 2 aromatic carbocycles. The number of halogens is 1. The van der Waals surface area contributed by atoms with Gasteiger partial charge in [-0.05, 0) is 61.5 Å². The summed E-state index contributed by atoms with van der Waals surface area (Å²) in [7, 11) is 1.53. The minimum absolute atomic E-state index is 0.0868. The topological polar surface area (TPSA) is 82.7 Å². The fourth-order valence-corrected chi connectivity index (χ4v) is 3.24. The molecule has 3 rings (SSSR count). The molecule has 9 heteroatoms. The summed E-state index contributed by atoms with van der Waals surface area (Å²) >= 11 is 11.4. The first-order chi connectivity index (χ1) is 13.3. The second-order valence-electron chi connectivity index (χ2n) is 6.41. The Morgan fingerprint density at radius 1 is 1.25 bits per heavy atom. The molecule has 2 aromatic rings. The predicted octanol–water partition coefficient (Wildman–Crippen LogP) is 3.33. The smallest absolute Gasteiger partial charge is 0.344 e. The van der Waals surface area contributed by atoms with Crippen LogP contribution in [0.5, 0.6) is 5.75 Å². The molecule has 0 saturated carbocycles. The number of urea groups is 1. The zero-order chi connectivity index (χ0) is 20.5. The van der Waals surface area contributed by atoms with E-state index in [0.717, 1.165) is 10.6 Å². The van der Waals surface area contributed by atoms with E-state index >= 15 is 0 Å². The highest BCUT2D eigenvalue weighted by atomic mass is 35.5. The number of hydrazine groups is 1. The summed E-state index contributed by atoms with van der Waals surface area (Å²) in [6.45, 7) is 3.46. The molecule has 7 nitrogen and oxygen atoms in total. The quantitative estimate of drug-likeness (QED) is 0.522. The number of nitrogens with one attached hydrogen (secondary N) is 3. The van der Waals surface area contributed by atoms with Crippen molar-refractivity contribution >= 4 is 46.6 Å². The maximum Gasteiger partial charge on any atom is 0.344 e. The molecule has 28 heavy (non-hydrogen) atoms. The van der Waals surface area contributed by atoms with Crippen molar-refractivity contribution in [3.8, 4) is 5.75 Å². The average molecular weight is 419 g/mol. The number of thiocarbonyl (C=S) groups is 1. The Labute approximate surface area is 173 Å². The number of benzene rings is 2. The fraction of sp³-hybridized carbons (Fsp3) is 0.211.